The van der Waals surface area contributed by atoms with Gasteiger partial charge in [0.2, 0.25) is 0 Å². The number of nitrogen functional groups attached to an aromatic ring is 2. The Morgan fingerprint density at radius 3 is 2.00 bits per heavy atom. The number of nitrogens with two attached hydrogens (primary N) is 2. The fraction of sp³-hybridized carbons (Fsp3) is 0.0769. The van der Waals surface area contributed by atoms with E-state index in [1.54, 1.807) is 30.3 Å². The van der Waals surface area contributed by atoms with E-state index in [1.807, 2.05) is 0 Å². The smallest absolute Gasteiger partial charge is 0.397 e. The van der Waals surface area contributed by atoms with Gasteiger partial charge in [0.05, 0.1) is 16.9 Å². The summed E-state index contributed by atoms with van der Waals surface area (Å²) in [5.41, 5.74) is 10.6. The van der Waals surface area contributed by atoms with E-state index in [4.69, 9.17) is 11.5 Å². The molecule has 0 saturated carbocycles. The summed E-state index contributed by atoms with van der Waals surface area (Å²) in [6, 6.07) is 11.2. The lowest BCUT2D eigenvalue weighted by molar-refractivity contribution is -0.136. The van der Waals surface area contributed by atoms with Gasteiger partial charge in [-0.3, -0.25) is 0 Å². The summed E-state index contributed by atoms with van der Waals surface area (Å²) in [6.45, 7) is 0. The van der Waals surface area contributed by atoms with Crippen LogP contribution in [0.4, 0.5) is 24.5 Å². The van der Waals surface area contributed by atoms with E-state index >= 15 is 0 Å². The topological polar surface area (TPSA) is 52.0 Å². The molecule has 0 aromatic heterocycles. The highest BCUT2D eigenvalue weighted by molar-refractivity contribution is 5.78. The Morgan fingerprint density at radius 1 is 0.833 bits per heavy atom. The Kier molecular flexibility index (Phi) is 2.90. The first-order chi connectivity index (χ1) is 8.39. The molecule has 0 unspecified atom stereocenters. The first-order valence-electron chi connectivity index (χ1n) is 5.21. The zero-order valence-electron chi connectivity index (χ0n) is 9.33. The fourth-order valence-electron chi connectivity index (χ4n) is 1.71. The molecule has 18 heavy (non-hydrogen) atoms. The maximum absolute atomic E-state index is 12.8. The maximum atomic E-state index is 12.8. The van der Waals surface area contributed by atoms with Gasteiger partial charge in [-0.1, -0.05) is 30.3 Å². The molecule has 2 aromatic rings. The van der Waals surface area contributed by atoms with Gasteiger partial charge in [0.25, 0.3) is 0 Å². The van der Waals surface area contributed by atoms with Gasteiger partial charge >= 0.3 is 6.18 Å². The summed E-state index contributed by atoms with van der Waals surface area (Å²) in [6.07, 6.45) is -4.51. The Hall–Kier alpha value is -2.17. The molecule has 2 nitrogen and oxygen atoms in total. The number of benzene rings is 2. The van der Waals surface area contributed by atoms with Crippen molar-refractivity contribution in [2.75, 3.05) is 11.5 Å². The summed E-state index contributed by atoms with van der Waals surface area (Å²) in [7, 11) is 0. The fourth-order valence-corrected chi connectivity index (χ4v) is 1.71. The second kappa shape index (κ2) is 4.25. The van der Waals surface area contributed by atoms with E-state index in [9.17, 15) is 13.2 Å². The van der Waals surface area contributed by atoms with Gasteiger partial charge in [-0.2, -0.15) is 13.2 Å². The van der Waals surface area contributed by atoms with Gasteiger partial charge in [0, 0.05) is 0 Å². The lowest BCUT2D eigenvalue weighted by Crippen LogP contribution is -2.11. The van der Waals surface area contributed by atoms with Crippen molar-refractivity contribution in [3.8, 4) is 11.1 Å². The molecule has 2 rings (SSSR count). The van der Waals surface area contributed by atoms with Crippen molar-refractivity contribution in [2.24, 2.45) is 0 Å². The molecule has 0 amide bonds. The Morgan fingerprint density at radius 2 is 1.44 bits per heavy atom. The average molecular weight is 252 g/mol. The summed E-state index contributed by atoms with van der Waals surface area (Å²) in [5, 5.41) is 0. The number of hydrogen-bond donors (Lipinski definition) is 2. The molecule has 0 aliphatic heterocycles. The number of alkyl halides is 3. The van der Waals surface area contributed by atoms with Crippen LogP contribution in [0.15, 0.2) is 42.5 Å². The Balaban J connectivity index is 2.62. The van der Waals surface area contributed by atoms with Gasteiger partial charge in [0.15, 0.2) is 0 Å². The second-order valence-corrected chi connectivity index (χ2v) is 3.89. The summed E-state index contributed by atoms with van der Waals surface area (Å²) in [4.78, 5) is 0. The molecule has 94 valence electrons. The van der Waals surface area contributed by atoms with Crippen LogP contribution in [-0.4, -0.2) is 0 Å². The third-order valence-electron chi connectivity index (χ3n) is 2.62. The van der Waals surface area contributed by atoms with Crippen molar-refractivity contribution in [1.29, 1.82) is 0 Å². The number of anilines is 2. The molecule has 0 radical (unpaired) electrons. The number of hydrogen-bond acceptors (Lipinski definition) is 2. The third-order valence-corrected chi connectivity index (χ3v) is 2.62. The molecular weight excluding hydrogens is 241 g/mol. The highest BCUT2D eigenvalue weighted by atomic mass is 19.4. The van der Waals surface area contributed by atoms with Crippen LogP contribution < -0.4 is 11.5 Å². The van der Waals surface area contributed by atoms with Crippen LogP contribution in [0, 0.1) is 0 Å². The molecule has 0 fully saturated rings. The van der Waals surface area contributed by atoms with Gasteiger partial charge in [-0.25, -0.2) is 0 Å². The molecule has 0 saturated heterocycles. The first-order valence-corrected chi connectivity index (χ1v) is 5.21. The second-order valence-electron chi connectivity index (χ2n) is 3.89. The van der Waals surface area contributed by atoms with E-state index < -0.39 is 17.4 Å². The Labute approximate surface area is 102 Å². The Bertz CT molecular complexity index is 562. The van der Waals surface area contributed by atoms with Crippen LogP contribution >= 0.6 is 0 Å². The summed E-state index contributed by atoms with van der Waals surface area (Å²) >= 11 is 0. The summed E-state index contributed by atoms with van der Waals surface area (Å²) in [5.74, 6) is 0. The molecule has 0 aliphatic rings. The van der Waals surface area contributed by atoms with Gasteiger partial charge < -0.3 is 11.5 Å². The van der Waals surface area contributed by atoms with Gasteiger partial charge in [0.1, 0.15) is 0 Å². The summed E-state index contributed by atoms with van der Waals surface area (Å²) < 4.78 is 38.4. The van der Waals surface area contributed by atoms with Crippen molar-refractivity contribution in [2.45, 2.75) is 6.18 Å². The molecule has 0 aliphatic carbocycles. The van der Waals surface area contributed by atoms with Crippen LogP contribution in [0.5, 0.6) is 0 Å². The molecule has 0 heterocycles. The van der Waals surface area contributed by atoms with Crippen molar-refractivity contribution in [3.63, 3.8) is 0 Å². The molecule has 4 N–H and O–H groups in total. The van der Waals surface area contributed by atoms with Crippen molar-refractivity contribution in [3.05, 3.63) is 48.0 Å². The minimum Gasteiger partial charge on any atom is -0.397 e. The standard InChI is InChI=1S/C13H11F3N2/c14-13(15,16)10-6-9(7-11(17)12(10)18)8-4-2-1-3-5-8/h1-7H,17-18H2. The zero-order chi connectivity index (χ0) is 13.3. The average Bonchev–Trinajstić information content (AvgIpc) is 2.32. The maximum Gasteiger partial charge on any atom is 0.418 e. The largest absolute Gasteiger partial charge is 0.418 e. The highest BCUT2D eigenvalue weighted by Gasteiger charge is 2.34. The van der Waals surface area contributed by atoms with Crippen LogP contribution in [0.2, 0.25) is 0 Å². The lowest BCUT2D eigenvalue weighted by atomic mass is 10.0. The van der Waals surface area contributed by atoms with Crippen LogP contribution in [0.3, 0.4) is 0 Å². The minimum atomic E-state index is -4.51. The van der Waals surface area contributed by atoms with Crippen molar-refractivity contribution >= 4 is 11.4 Å². The molecular formula is C13H11F3N2. The number of halogens is 3. The van der Waals surface area contributed by atoms with E-state index in [0.717, 1.165) is 6.07 Å². The van der Waals surface area contributed by atoms with Crippen LogP contribution in [0.25, 0.3) is 11.1 Å². The van der Waals surface area contributed by atoms with Crippen molar-refractivity contribution in [1.82, 2.24) is 0 Å². The minimum absolute atomic E-state index is 0.0660. The van der Waals surface area contributed by atoms with Crippen molar-refractivity contribution < 1.29 is 13.2 Å². The predicted octanol–water partition coefficient (Wildman–Crippen LogP) is 3.54. The zero-order valence-corrected chi connectivity index (χ0v) is 9.33. The van der Waals surface area contributed by atoms with E-state index in [2.05, 4.69) is 0 Å². The van der Waals surface area contributed by atoms with Gasteiger partial charge in [-0.15, -0.1) is 0 Å². The predicted molar refractivity (Wildman–Crippen MR) is 65.7 cm³/mol. The molecule has 2 aromatic carbocycles. The molecule has 0 bridgehead atoms. The molecule has 0 spiro atoms. The quantitative estimate of drug-likeness (QED) is 0.763. The lowest BCUT2D eigenvalue weighted by Gasteiger charge is -2.14. The van der Waals surface area contributed by atoms with Gasteiger partial charge in [-0.05, 0) is 23.3 Å². The molecule has 0 atom stereocenters. The SMILES string of the molecule is Nc1cc(-c2ccccc2)cc(C(F)(F)F)c1N. The number of rotatable bonds is 1. The monoisotopic (exact) mass is 252 g/mol. The molecule has 5 heteroatoms. The highest BCUT2D eigenvalue weighted by Crippen LogP contribution is 2.39. The first kappa shape index (κ1) is 12.3. The van der Waals surface area contributed by atoms with Crippen LogP contribution in [-0.2, 0) is 6.18 Å². The van der Waals surface area contributed by atoms with Crippen LogP contribution in [0.1, 0.15) is 5.56 Å². The van der Waals surface area contributed by atoms with E-state index in [0.29, 0.717) is 11.1 Å². The third kappa shape index (κ3) is 2.25. The van der Waals surface area contributed by atoms with E-state index in [-0.39, 0.29) is 5.69 Å². The van der Waals surface area contributed by atoms with E-state index in [1.165, 1.54) is 6.07 Å². The normalized spacial score (nSPS) is 11.5.